The van der Waals surface area contributed by atoms with Crippen molar-refractivity contribution in [2.24, 2.45) is 0 Å². The van der Waals surface area contributed by atoms with Crippen LogP contribution in [0.2, 0.25) is 0 Å². The van der Waals surface area contributed by atoms with Gasteiger partial charge in [-0.25, -0.2) is 13.1 Å². The van der Waals surface area contributed by atoms with E-state index in [4.69, 9.17) is 4.74 Å². The van der Waals surface area contributed by atoms with Crippen molar-refractivity contribution in [3.63, 3.8) is 0 Å². The number of anilines is 1. The first-order chi connectivity index (χ1) is 12.4. The number of benzene rings is 2. The third-order valence-electron chi connectivity index (χ3n) is 4.28. The Bertz CT molecular complexity index is 984. The van der Waals surface area contributed by atoms with Gasteiger partial charge in [0.05, 0.1) is 23.6 Å². The smallest absolute Gasteiger partial charge is 0.307 e. The van der Waals surface area contributed by atoms with Gasteiger partial charge in [0.1, 0.15) is 0 Å². The lowest BCUT2D eigenvalue weighted by Crippen LogP contribution is -2.27. The molecule has 26 heavy (non-hydrogen) atoms. The van der Waals surface area contributed by atoms with Crippen molar-refractivity contribution < 1.29 is 22.7 Å². The van der Waals surface area contributed by atoms with Crippen LogP contribution in [0.15, 0.2) is 35.2 Å². The maximum absolute atomic E-state index is 12.7. The molecular formula is C18H20N2O5S. The molecule has 0 aliphatic carbocycles. The van der Waals surface area contributed by atoms with Crippen LogP contribution in [0.25, 0.3) is 10.8 Å². The van der Waals surface area contributed by atoms with E-state index in [1.807, 2.05) is 6.92 Å². The van der Waals surface area contributed by atoms with Gasteiger partial charge in [0.15, 0.2) is 0 Å². The Morgan fingerprint density at radius 2 is 1.96 bits per heavy atom. The highest BCUT2D eigenvalue weighted by atomic mass is 32.2. The maximum atomic E-state index is 12.7. The number of nitrogens with one attached hydrogen (secondary N) is 1. The van der Waals surface area contributed by atoms with Crippen molar-refractivity contribution in [3.05, 3.63) is 35.9 Å². The Morgan fingerprint density at radius 1 is 1.19 bits per heavy atom. The molecule has 2 aromatic rings. The van der Waals surface area contributed by atoms with Crippen molar-refractivity contribution in [1.29, 1.82) is 0 Å². The molecule has 1 N–H and O–H groups in total. The molecule has 0 spiro atoms. The quantitative estimate of drug-likeness (QED) is 0.747. The number of carbonyl (C=O) groups is 2. The minimum absolute atomic E-state index is 0.0452. The molecular weight excluding hydrogens is 356 g/mol. The monoisotopic (exact) mass is 376 g/mol. The summed E-state index contributed by atoms with van der Waals surface area (Å²) in [7, 11) is -3.83. The van der Waals surface area contributed by atoms with E-state index < -0.39 is 16.0 Å². The second-order valence-electron chi connectivity index (χ2n) is 5.81. The summed E-state index contributed by atoms with van der Waals surface area (Å²) < 4.78 is 32.6. The van der Waals surface area contributed by atoms with E-state index in [2.05, 4.69) is 4.72 Å². The van der Waals surface area contributed by atoms with Crippen molar-refractivity contribution >= 4 is 38.4 Å². The van der Waals surface area contributed by atoms with Gasteiger partial charge in [-0.05, 0) is 32.0 Å². The molecule has 0 aromatic heterocycles. The predicted octanol–water partition coefficient (Wildman–Crippen LogP) is 2.05. The van der Waals surface area contributed by atoms with Gasteiger partial charge in [0.2, 0.25) is 10.0 Å². The fraction of sp³-hybridized carbons (Fsp3) is 0.333. The van der Waals surface area contributed by atoms with Gasteiger partial charge in [0, 0.05) is 29.4 Å². The number of hydrogen-bond donors (Lipinski definition) is 1. The van der Waals surface area contributed by atoms with Gasteiger partial charge >= 0.3 is 5.97 Å². The maximum Gasteiger partial charge on any atom is 0.307 e. The molecule has 0 unspecified atom stereocenters. The molecule has 1 heterocycles. The fourth-order valence-electron chi connectivity index (χ4n) is 3.17. The number of amides is 1. The first kappa shape index (κ1) is 18.3. The van der Waals surface area contributed by atoms with Crippen LogP contribution in [0.1, 0.15) is 30.6 Å². The molecule has 1 amide bonds. The van der Waals surface area contributed by atoms with Crippen molar-refractivity contribution in [2.75, 3.05) is 24.6 Å². The lowest BCUT2D eigenvalue weighted by Gasteiger charge is -2.15. The van der Waals surface area contributed by atoms with Gasteiger partial charge in [-0.1, -0.05) is 12.1 Å². The summed E-state index contributed by atoms with van der Waals surface area (Å²) in [4.78, 5) is 25.6. The molecule has 0 bridgehead atoms. The molecule has 2 aromatic carbocycles. The summed E-state index contributed by atoms with van der Waals surface area (Å²) in [6.07, 6.45) is -0.0452. The van der Waals surface area contributed by atoms with Crippen LogP contribution in [0, 0.1) is 0 Å². The van der Waals surface area contributed by atoms with E-state index in [0.717, 1.165) is 0 Å². The average Bonchev–Trinajstić information content (AvgIpc) is 2.88. The van der Waals surface area contributed by atoms with Crippen LogP contribution in [0.5, 0.6) is 0 Å². The van der Waals surface area contributed by atoms with Crippen LogP contribution in [0.3, 0.4) is 0 Å². The molecule has 0 atom stereocenters. The highest BCUT2D eigenvalue weighted by Crippen LogP contribution is 2.39. The molecule has 1 aliphatic heterocycles. The van der Waals surface area contributed by atoms with E-state index in [9.17, 15) is 18.0 Å². The zero-order valence-corrected chi connectivity index (χ0v) is 15.4. The van der Waals surface area contributed by atoms with E-state index in [0.29, 0.717) is 28.6 Å². The Hall–Kier alpha value is -2.45. The second-order valence-corrected chi connectivity index (χ2v) is 7.55. The SMILES string of the molecule is CCOC(=O)CCNS(=O)(=O)c1ccc2c3c(cccc13)C(=O)N2CC. The standard InChI is InChI=1S/C18H20N2O5S/c1-3-20-14-8-9-15(12-6-5-7-13(17(12)14)18(20)22)26(23,24)19-11-10-16(21)25-4-2/h5-9,19H,3-4,10-11H2,1-2H3. The summed E-state index contributed by atoms with van der Waals surface area (Å²) in [5, 5.41) is 1.14. The number of sulfonamides is 1. The Morgan fingerprint density at radius 3 is 2.65 bits per heavy atom. The Kier molecular flexibility index (Phi) is 4.97. The van der Waals surface area contributed by atoms with Crippen molar-refractivity contribution in [3.8, 4) is 0 Å². The lowest BCUT2D eigenvalue weighted by atomic mass is 10.1. The molecule has 7 nitrogen and oxygen atoms in total. The number of ether oxygens (including phenoxy) is 1. The van der Waals surface area contributed by atoms with Gasteiger partial charge in [-0.3, -0.25) is 9.59 Å². The van der Waals surface area contributed by atoms with E-state index >= 15 is 0 Å². The highest BCUT2D eigenvalue weighted by molar-refractivity contribution is 7.89. The highest BCUT2D eigenvalue weighted by Gasteiger charge is 2.31. The third kappa shape index (κ3) is 3.06. The third-order valence-corrected chi connectivity index (χ3v) is 5.80. The summed E-state index contributed by atoms with van der Waals surface area (Å²) in [6.45, 7) is 4.27. The molecule has 3 rings (SSSR count). The molecule has 138 valence electrons. The van der Waals surface area contributed by atoms with Gasteiger partial charge in [0.25, 0.3) is 5.91 Å². The molecule has 0 radical (unpaired) electrons. The van der Waals surface area contributed by atoms with E-state index in [-0.39, 0.29) is 30.4 Å². The van der Waals surface area contributed by atoms with E-state index in [1.54, 1.807) is 36.1 Å². The van der Waals surface area contributed by atoms with Crippen molar-refractivity contribution in [1.82, 2.24) is 4.72 Å². The van der Waals surface area contributed by atoms with Crippen LogP contribution < -0.4 is 9.62 Å². The fourth-order valence-corrected chi connectivity index (χ4v) is 4.40. The van der Waals surface area contributed by atoms with Crippen LogP contribution in [-0.4, -0.2) is 40.0 Å². The Labute approximate surface area is 152 Å². The minimum atomic E-state index is -3.83. The second kappa shape index (κ2) is 7.05. The van der Waals surface area contributed by atoms with Gasteiger partial charge in [-0.15, -0.1) is 0 Å². The number of hydrogen-bond acceptors (Lipinski definition) is 5. The molecule has 0 saturated carbocycles. The van der Waals surface area contributed by atoms with Crippen LogP contribution in [0.4, 0.5) is 5.69 Å². The molecule has 0 fully saturated rings. The summed E-state index contributed by atoms with van der Waals surface area (Å²) in [6, 6.07) is 8.22. The Balaban J connectivity index is 1.96. The number of esters is 1. The predicted molar refractivity (Wildman–Crippen MR) is 97.7 cm³/mol. The van der Waals surface area contributed by atoms with Crippen LogP contribution >= 0.6 is 0 Å². The first-order valence-corrected chi connectivity index (χ1v) is 9.92. The molecule has 8 heteroatoms. The molecule has 1 aliphatic rings. The average molecular weight is 376 g/mol. The normalized spacial score (nSPS) is 13.5. The largest absolute Gasteiger partial charge is 0.466 e. The first-order valence-electron chi connectivity index (χ1n) is 8.43. The van der Waals surface area contributed by atoms with Gasteiger partial charge < -0.3 is 9.64 Å². The number of nitrogens with zero attached hydrogens (tertiary/aromatic N) is 1. The van der Waals surface area contributed by atoms with Crippen LogP contribution in [-0.2, 0) is 19.6 Å². The summed E-state index contributed by atoms with van der Waals surface area (Å²) in [5.74, 6) is -0.585. The zero-order chi connectivity index (χ0) is 18.9. The lowest BCUT2D eigenvalue weighted by molar-refractivity contribution is -0.142. The zero-order valence-electron chi connectivity index (χ0n) is 14.6. The minimum Gasteiger partial charge on any atom is -0.466 e. The summed E-state index contributed by atoms with van der Waals surface area (Å²) >= 11 is 0. The van der Waals surface area contributed by atoms with Gasteiger partial charge in [-0.2, -0.15) is 0 Å². The molecule has 0 saturated heterocycles. The van der Waals surface area contributed by atoms with Crippen molar-refractivity contribution in [2.45, 2.75) is 25.2 Å². The summed E-state index contributed by atoms with van der Waals surface area (Å²) in [5.41, 5.74) is 1.22. The number of rotatable bonds is 7. The van der Waals surface area contributed by atoms with E-state index in [1.165, 1.54) is 6.07 Å². The number of carbonyl (C=O) groups excluding carboxylic acids is 2. The topological polar surface area (TPSA) is 92.8 Å².